The molecule has 1 unspecified atom stereocenters. The van der Waals surface area contributed by atoms with Gasteiger partial charge in [0.05, 0.1) is 0 Å². The van der Waals surface area contributed by atoms with Gasteiger partial charge in [-0.3, -0.25) is 14.4 Å². The first-order chi connectivity index (χ1) is 38.5. The lowest BCUT2D eigenvalue weighted by molar-refractivity contribution is -0.167. The van der Waals surface area contributed by atoms with Crippen LogP contribution in [0.5, 0.6) is 0 Å². The molecule has 78 heavy (non-hydrogen) atoms. The van der Waals surface area contributed by atoms with Crippen molar-refractivity contribution in [2.24, 2.45) is 0 Å². The van der Waals surface area contributed by atoms with E-state index in [1.807, 2.05) is 0 Å². The molecule has 0 rings (SSSR count). The molecule has 0 radical (unpaired) electrons. The summed E-state index contributed by atoms with van der Waals surface area (Å²) < 4.78 is 16.9. The fraction of sp³-hybridized carbons (Fsp3) is 0.708. The van der Waals surface area contributed by atoms with E-state index < -0.39 is 6.10 Å². The van der Waals surface area contributed by atoms with E-state index in [9.17, 15) is 14.4 Å². The average molecular weight is 1080 g/mol. The number of carbonyl (C=O) groups is 3. The van der Waals surface area contributed by atoms with Crippen LogP contribution < -0.4 is 0 Å². The van der Waals surface area contributed by atoms with Crippen molar-refractivity contribution in [2.75, 3.05) is 13.2 Å². The van der Waals surface area contributed by atoms with E-state index in [2.05, 4.69) is 130 Å². The second-order valence-corrected chi connectivity index (χ2v) is 21.6. The number of rotatable bonds is 59. The van der Waals surface area contributed by atoms with Crippen molar-refractivity contribution in [3.8, 4) is 0 Å². The number of hydrogen-bond acceptors (Lipinski definition) is 6. The first kappa shape index (κ1) is 74.1. The van der Waals surface area contributed by atoms with Gasteiger partial charge < -0.3 is 14.2 Å². The molecule has 0 amide bonds. The zero-order valence-corrected chi connectivity index (χ0v) is 51.2. The lowest BCUT2D eigenvalue weighted by Gasteiger charge is -2.18. The highest BCUT2D eigenvalue weighted by Gasteiger charge is 2.19. The maximum Gasteiger partial charge on any atom is 0.306 e. The Morgan fingerprint density at radius 3 is 0.821 bits per heavy atom. The second kappa shape index (κ2) is 65.6. The highest BCUT2D eigenvalue weighted by Crippen LogP contribution is 2.16. The minimum Gasteiger partial charge on any atom is -0.462 e. The normalized spacial score (nSPS) is 12.8. The van der Waals surface area contributed by atoms with E-state index in [1.165, 1.54) is 135 Å². The standard InChI is InChI=1S/C72H122O6/c1-4-7-10-13-16-19-22-25-28-30-31-32-33-34-35-36-37-38-39-40-41-43-44-47-50-53-56-59-62-65-71(74)77-68-69(67-76-70(73)64-61-58-55-52-49-46-27-24-21-18-15-12-9-6-3)78-72(75)66-63-60-57-54-51-48-45-42-29-26-23-20-17-14-11-8-5-2/h7,10,15-16,18-19,24-25,27-28,31-32,34-35,37-38,40-41,69H,4-6,8-9,11-14,17,20-23,26,29-30,33,36,39,42-68H2,1-3H3/b10-7-,18-15-,19-16-,27-24-,28-25-,32-31-,35-34-,38-37-,41-40-. The molecule has 6 nitrogen and oxygen atoms in total. The maximum absolute atomic E-state index is 12.9. The summed E-state index contributed by atoms with van der Waals surface area (Å²) in [7, 11) is 0. The first-order valence-corrected chi connectivity index (χ1v) is 32.9. The summed E-state index contributed by atoms with van der Waals surface area (Å²) in [6.45, 7) is 6.49. The summed E-state index contributed by atoms with van der Waals surface area (Å²) in [5.74, 6) is -0.900. The molecule has 0 N–H and O–H groups in total. The predicted octanol–water partition coefficient (Wildman–Crippen LogP) is 22.6. The fourth-order valence-corrected chi connectivity index (χ4v) is 9.09. The van der Waals surface area contributed by atoms with Gasteiger partial charge in [0.15, 0.2) is 6.10 Å². The summed E-state index contributed by atoms with van der Waals surface area (Å²) in [5.41, 5.74) is 0. The van der Waals surface area contributed by atoms with Gasteiger partial charge in [0, 0.05) is 19.3 Å². The van der Waals surface area contributed by atoms with E-state index in [1.54, 1.807) is 0 Å². The molecule has 0 aromatic rings. The molecule has 0 aromatic carbocycles. The van der Waals surface area contributed by atoms with Crippen LogP contribution in [-0.4, -0.2) is 37.2 Å². The average Bonchev–Trinajstić information content (AvgIpc) is 3.44. The van der Waals surface area contributed by atoms with E-state index >= 15 is 0 Å². The Bertz CT molecular complexity index is 1570. The van der Waals surface area contributed by atoms with Gasteiger partial charge in [-0.1, -0.05) is 297 Å². The smallest absolute Gasteiger partial charge is 0.306 e. The Kier molecular flexibility index (Phi) is 62.3. The summed E-state index contributed by atoms with van der Waals surface area (Å²) in [5, 5.41) is 0. The summed E-state index contributed by atoms with van der Waals surface area (Å²) in [4.78, 5) is 38.3. The predicted molar refractivity (Wildman–Crippen MR) is 339 cm³/mol. The van der Waals surface area contributed by atoms with E-state index in [0.29, 0.717) is 19.3 Å². The van der Waals surface area contributed by atoms with Crippen LogP contribution in [0.2, 0.25) is 0 Å². The van der Waals surface area contributed by atoms with Gasteiger partial charge in [0.2, 0.25) is 0 Å². The van der Waals surface area contributed by atoms with Crippen LogP contribution in [0.25, 0.3) is 0 Å². The molecule has 0 heterocycles. The zero-order chi connectivity index (χ0) is 56.4. The van der Waals surface area contributed by atoms with E-state index in [0.717, 1.165) is 135 Å². The van der Waals surface area contributed by atoms with Crippen LogP contribution in [0, 0.1) is 0 Å². The van der Waals surface area contributed by atoms with Gasteiger partial charge in [-0.05, 0) is 103 Å². The van der Waals surface area contributed by atoms with E-state index in [4.69, 9.17) is 14.2 Å². The zero-order valence-electron chi connectivity index (χ0n) is 51.2. The third-order valence-electron chi connectivity index (χ3n) is 14.0. The number of esters is 3. The van der Waals surface area contributed by atoms with Crippen molar-refractivity contribution in [2.45, 2.75) is 316 Å². The van der Waals surface area contributed by atoms with Crippen molar-refractivity contribution in [1.29, 1.82) is 0 Å². The minimum atomic E-state index is -0.789. The molecule has 6 heteroatoms. The van der Waals surface area contributed by atoms with Crippen molar-refractivity contribution >= 4 is 17.9 Å². The number of unbranched alkanes of at least 4 members (excludes halogenated alkanes) is 30. The largest absolute Gasteiger partial charge is 0.462 e. The summed E-state index contributed by atoms with van der Waals surface area (Å²) >= 11 is 0. The van der Waals surface area contributed by atoms with Gasteiger partial charge in [0.1, 0.15) is 13.2 Å². The van der Waals surface area contributed by atoms with Crippen molar-refractivity contribution < 1.29 is 28.6 Å². The number of allylic oxidation sites excluding steroid dienone is 18. The van der Waals surface area contributed by atoms with Gasteiger partial charge >= 0.3 is 17.9 Å². The SMILES string of the molecule is CC/C=C\C/C=C\C/C=C\C/C=C\C/C=C\C/C=C\C/C=C\CCCCCCCCCC(=O)OCC(COC(=O)CCCCCCC/C=C\C/C=C\CCCC)OC(=O)CCCCCCCCCCCCCCCCCCC. The molecule has 0 aromatic heterocycles. The molecule has 0 saturated heterocycles. The highest BCUT2D eigenvalue weighted by atomic mass is 16.6. The molecule has 0 fully saturated rings. The third kappa shape index (κ3) is 62.9. The molecule has 0 saturated carbocycles. The molecular weight excluding hydrogens is 961 g/mol. The number of hydrogen-bond donors (Lipinski definition) is 0. The molecule has 0 bridgehead atoms. The van der Waals surface area contributed by atoms with Crippen molar-refractivity contribution in [3.63, 3.8) is 0 Å². The molecule has 0 spiro atoms. The lowest BCUT2D eigenvalue weighted by Crippen LogP contribution is -2.30. The Morgan fingerprint density at radius 2 is 0.513 bits per heavy atom. The first-order valence-electron chi connectivity index (χ1n) is 32.9. The molecular formula is C72H122O6. The number of carbonyl (C=O) groups excluding carboxylic acids is 3. The van der Waals surface area contributed by atoms with Gasteiger partial charge in [-0.25, -0.2) is 0 Å². The monoisotopic (exact) mass is 1080 g/mol. The third-order valence-corrected chi connectivity index (χ3v) is 14.0. The van der Waals surface area contributed by atoms with Crippen LogP contribution in [0.15, 0.2) is 109 Å². The van der Waals surface area contributed by atoms with Crippen LogP contribution in [0.4, 0.5) is 0 Å². The Labute approximate surface area is 482 Å². The molecule has 0 aliphatic carbocycles. The van der Waals surface area contributed by atoms with Crippen molar-refractivity contribution in [3.05, 3.63) is 109 Å². The summed E-state index contributed by atoms with van der Waals surface area (Å²) in [6, 6.07) is 0. The van der Waals surface area contributed by atoms with Crippen molar-refractivity contribution in [1.82, 2.24) is 0 Å². The number of ether oxygens (including phenoxy) is 3. The molecule has 1 atom stereocenters. The lowest BCUT2D eigenvalue weighted by atomic mass is 10.0. The van der Waals surface area contributed by atoms with Gasteiger partial charge in [-0.15, -0.1) is 0 Å². The topological polar surface area (TPSA) is 78.9 Å². The quantitative estimate of drug-likeness (QED) is 0.0261. The van der Waals surface area contributed by atoms with Crippen LogP contribution in [0.1, 0.15) is 310 Å². The Hall–Kier alpha value is -3.93. The molecule has 446 valence electrons. The highest BCUT2D eigenvalue weighted by molar-refractivity contribution is 5.71. The summed E-state index contributed by atoms with van der Waals surface area (Å²) in [6.07, 6.45) is 89.5. The molecule has 0 aliphatic heterocycles. The van der Waals surface area contributed by atoms with Crippen LogP contribution in [0.3, 0.4) is 0 Å². The Balaban J connectivity index is 4.34. The van der Waals surface area contributed by atoms with Gasteiger partial charge in [-0.2, -0.15) is 0 Å². The second-order valence-electron chi connectivity index (χ2n) is 21.6. The van der Waals surface area contributed by atoms with Crippen LogP contribution in [-0.2, 0) is 28.6 Å². The maximum atomic E-state index is 12.9. The van der Waals surface area contributed by atoms with Gasteiger partial charge in [0.25, 0.3) is 0 Å². The minimum absolute atomic E-state index is 0.0870. The molecule has 0 aliphatic rings. The van der Waals surface area contributed by atoms with Crippen LogP contribution >= 0.6 is 0 Å². The van der Waals surface area contributed by atoms with E-state index in [-0.39, 0.29) is 31.1 Å². The Morgan fingerprint density at radius 1 is 0.269 bits per heavy atom. The fourth-order valence-electron chi connectivity index (χ4n) is 9.09.